The number of para-hydroxylation sites is 1. The van der Waals surface area contributed by atoms with Gasteiger partial charge >= 0.3 is 0 Å². The molecule has 7 rings (SSSR count). The molecule has 1 aliphatic rings. The lowest BCUT2D eigenvalue weighted by Crippen LogP contribution is -2.30. The summed E-state index contributed by atoms with van der Waals surface area (Å²) in [5.41, 5.74) is 3.77. The van der Waals surface area contributed by atoms with Crippen LogP contribution in [0.3, 0.4) is 0 Å². The minimum atomic E-state index is -1.36. The summed E-state index contributed by atoms with van der Waals surface area (Å²) in [7, 11) is 1.52. The third-order valence-electron chi connectivity index (χ3n) is 7.76. The van der Waals surface area contributed by atoms with Gasteiger partial charge in [-0.2, -0.15) is 0 Å². The molecule has 1 amide bonds. The third-order valence-corrected chi connectivity index (χ3v) is 8.78. The van der Waals surface area contributed by atoms with Crippen LogP contribution in [0.15, 0.2) is 101 Å². The summed E-state index contributed by atoms with van der Waals surface area (Å²) in [6.07, 6.45) is 0. The monoisotopic (exact) mass is 602 g/mol. The van der Waals surface area contributed by atoms with Crippen LogP contribution in [0.4, 0.5) is 5.13 Å². The Balaban J connectivity index is 1.32. The van der Waals surface area contributed by atoms with Crippen molar-refractivity contribution in [3.63, 3.8) is 0 Å². The van der Waals surface area contributed by atoms with Crippen molar-refractivity contribution >= 4 is 55.1 Å². The number of hydrogen-bond acceptors (Lipinski definition) is 8. The first-order valence-corrected chi connectivity index (χ1v) is 14.8. The number of nitrogens with zero attached hydrogens (tertiary/aromatic N) is 2. The lowest BCUT2D eigenvalue weighted by Gasteiger charge is -2.25. The highest BCUT2D eigenvalue weighted by molar-refractivity contribution is 7.22. The molecule has 2 atom stereocenters. The van der Waals surface area contributed by atoms with Gasteiger partial charge < -0.3 is 13.9 Å². The van der Waals surface area contributed by atoms with Gasteiger partial charge in [-0.15, -0.1) is 0 Å². The summed E-state index contributed by atoms with van der Waals surface area (Å²) in [6, 6.07) is 28.5. The quantitative estimate of drug-likeness (QED) is 0.104. The van der Waals surface area contributed by atoms with Crippen molar-refractivity contribution < 1.29 is 28.3 Å². The molecule has 0 spiro atoms. The third kappa shape index (κ3) is 4.81. The van der Waals surface area contributed by atoms with E-state index in [-0.39, 0.29) is 5.76 Å². The van der Waals surface area contributed by atoms with E-state index in [4.69, 9.17) is 18.9 Å². The number of carbonyl (C=O) groups excluding carboxylic acids is 3. The number of ketones is 2. The van der Waals surface area contributed by atoms with Gasteiger partial charge in [0.05, 0.1) is 23.4 Å². The fraction of sp³-hybridized carbons (Fsp3) is 0.143. The van der Waals surface area contributed by atoms with E-state index < -0.39 is 29.4 Å². The van der Waals surface area contributed by atoms with Crippen LogP contribution in [-0.4, -0.2) is 29.6 Å². The number of aryl methyl sites for hydroxylation is 1. The highest BCUT2D eigenvalue weighted by Gasteiger charge is 2.54. The first kappa shape index (κ1) is 27.5. The molecule has 0 radical (unpaired) electrons. The number of carbonyl (C=O) groups is 3. The zero-order chi connectivity index (χ0) is 30.4. The molecule has 0 aliphatic carbocycles. The highest BCUT2D eigenvalue weighted by Crippen LogP contribution is 2.45. The number of amides is 1. The van der Waals surface area contributed by atoms with Crippen molar-refractivity contribution in [2.24, 2.45) is 5.92 Å². The molecule has 4 aromatic carbocycles. The number of anilines is 1. The number of Topliss-reactive ketones (excluding diaryl/α,β-unsaturated/α-hetero) is 2. The van der Waals surface area contributed by atoms with E-state index in [1.165, 1.54) is 23.3 Å². The first-order chi connectivity index (χ1) is 21.4. The smallest absolute Gasteiger partial charge is 0.297 e. The van der Waals surface area contributed by atoms with Crippen LogP contribution in [0, 0.1) is 12.8 Å². The minimum Gasteiger partial charge on any atom is -0.493 e. The number of thiazole rings is 1. The molecular formula is C35H26N2O6S. The summed E-state index contributed by atoms with van der Waals surface area (Å²) >= 11 is 1.30. The Hall–Kier alpha value is -5.28. The van der Waals surface area contributed by atoms with Crippen LogP contribution in [0.5, 0.6) is 11.5 Å². The lowest BCUT2D eigenvalue weighted by molar-refractivity contribution is -0.135. The second-order valence-electron chi connectivity index (χ2n) is 10.6. The molecule has 0 saturated carbocycles. The van der Waals surface area contributed by atoms with Crippen LogP contribution < -0.4 is 14.4 Å². The average Bonchev–Trinajstić information content (AvgIpc) is 3.74. The van der Waals surface area contributed by atoms with Gasteiger partial charge in [-0.05, 0) is 60.0 Å². The summed E-state index contributed by atoms with van der Waals surface area (Å²) in [6.45, 7) is 2.29. The molecule has 6 aromatic rings. The van der Waals surface area contributed by atoms with Crippen LogP contribution in [0.1, 0.15) is 33.3 Å². The number of fused-ring (bicyclic) bond motifs is 2. The second kappa shape index (κ2) is 11.1. The Morgan fingerprint density at radius 1 is 0.932 bits per heavy atom. The zero-order valence-corrected chi connectivity index (χ0v) is 24.7. The molecule has 3 heterocycles. The van der Waals surface area contributed by atoms with E-state index in [9.17, 15) is 14.4 Å². The maximum Gasteiger partial charge on any atom is 0.297 e. The number of furan rings is 1. The lowest BCUT2D eigenvalue weighted by atomic mass is 9.88. The van der Waals surface area contributed by atoms with Gasteiger partial charge in [-0.1, -0.05) is 72.0 Å². The summed E-state index contributed by atoms with van der Waals surface area (Å²) in [4.78, 5) is 47.6. The topological polar surface area (TPSA) is 98.9 Å². The largest absolute Gasteiger partial charge is 0.493 e. The minimum absolute atomic E-state index is 0.0129. The van der Waals surface area contributed by atoms with Crippen LogP contribution in [0.2, 0.25) is 0 Å². The normalized spacial score (nSPS) is 16.6. The maximum absolute atomic E-state index is 14.1. The molecule has 44 heavy (non-hydrogen) atoms. The van der Waals surface area contributed by atoms with E-state index in [0.29, 0.717) is 39.9 Å². The Labute approximate surface area is 256 Å². The van der Waals surface area contributed by atoms with Gasteiger partial charge in [-0.3, -0.25) is 19.3 Å². The molecule has 1 fully saturated rings. The maximum atomic E-state index is 14.1. The second-order valence-corrected chi connectivity index (χ2v) is 11.6. The van der Waals surface area contributed by atoms with E-state index in [1.54, 1.807) is 36.4 Å². The first-order valence-electron chi connectivity index (χ1n) is 14.0. The fourth-order valence-corrected chi connectivity index (χ4v) is 6.68. The van der Waals surface area contributed by atoms with Crippen molar-refractivity contribution in [3.8, 4) is 11.5 Å². The molecule has 9 heteroatoms. The highest BCUT2D eigenvalue weighted by atomic mass is 32.1. The van der Waals surface area contributed by atoms with Crippen molar-refractivity contribution in [1.29, 1.82) is 0 Å². The van der Waals surface area contributed by atoms with Crippen molar-refractivity contribution in [2.45, 2.75) is 19.6 Å². The molecule has 2 aromatic heterocycles. The SMILES string of the molecule is COc1cc(C2C(C(=O)c3cc4ccccc4o3)C(=O)C(=O)N2c2nc3ccc(C)cc3s2)ccc1OCc1ccccc1. The Bertz CT molecular complexity index is 2030. The van der Waals surface area contributed by atoms with Crippen LogP contribution in [-0.2, 0) is 16.2 Å². The van der Waals surface area contributed by atoms with Crippen molar-refractivity contribution in [3.05, 3.63) is 120 Å². The van der Waals surface area contributed by atoms with Crippen LogP contribution in [0.25, 0.3) is 21.2 Å². The Kier molecular flexibility index (Phi) is 6.94. The predicted octanol–water partition coefficient (Wildman–Crippen LogP) is 7.09. The molecular weight excluding hydrogens is 576 g/mol. The van der Waals surface area contributed by atoms with Gasteiger partial charge in [-0.25, -0.2) is 4.98 Å². The predicted molar refractivity (Wildman–Crippen MR) is 167 cm³/mol. The standard InChI is InChI=1S/C35H26N2O6S/c1-20-12-14-24-29(16-20)44-35(36-24)37-31(23-13-15-26(27(18-23)41-2)42-19-21-8-4-3-5-9-21)30(33(39)34(37)40)32(38)28-17-22-10-6-7-11-25(22)43-28/h3-18,30-31H,19H2,1-2H3. The summed E-state index contributed by atoms with van der Waals surface area (Å²) in [5.74, 6) is -2.66. The number of ether oxygens (including phenoxy) is 2. The Morgan fingerprint density at radius 3 is 2.52 bits per heavy atom. The van der Waals surface area contributed by atoms with Crippen molar-refractivity contribution in [2.75, 3.05) is 12.0 Å². The number of methoxy groups -OCH3 is 1. The molecule has 0 bridgehead atoms. The van der Waals surface area contributed by atoms with Gasteiger partial charge in [0.15, 0.2) is 22.4 Å². The molecule has 2 unspecified atom stereocenters. The van der Waals surface area contributed by atoms with Gasteiger partial charge in [0, 0.05) is 5.39 Å². The number of aromatic nitrogens is 1. The number of rotatable bonds is 8. The molecule has 1 aliphatic heterocycles. The summed E-state index contributed by atoms with van der Waals surface area (Å²) < 4.78 is 18.5. The average molecular weight is 603 g/mol. The fourth-order valence-electron chi connectivity index (χ4n) is 5.58. The summed E-state index contributed by atoms with van der Waals surface area (Å²) in [5, 5.41) is 1.06. The molecule has 218 valence electrons. The molecule has 0 N–H and O–H groups in total. The zero-order valence-electron chi connectivity index (χ0n) is 23.9. The molecule has 8 nitrogen and oxygen atoms in total. The van der Waals surface area contributed by atoms with Gasteiger partial charge in [0.25, 0.3) is 5.91 Å². The Morgan fingerprint density at radius 2 is 1.73 bits per heavy atom. The van der Waals surface area contributed by atoms with E-state index in [1.807, 2.05) is 67.6 Å². The van der Waals surface area contributed by atoms with Gasteiger partial charge in [0.2, 0.25) is 11.6 Å². The molecule has 1 saturated heterocycles. The van der Waals surface area contributed by atoms with E-state index in [2.05, 4.69) is 0 Å². The van der Waals surface area contributed by atoms with Crippen molar-refractivity contribution in [1.82, 2.24) is 4.98 Å². The van der Waals surface area contributed by atoms with Gasteiger partial charge in [0.1, 0.15) is 18.1 Å². The van der Waals surface area contributed by atoms with E-state index >= 15 is 0 Å². The number of benzene rings is 4. The van der Waals surface area contributed by atoms with E-state index in [0.717, 1.165) is 21.2 Å². The number of hydrogen-bond donors (Lipinski definition) is 0. The van der Waals surface area contributed by atoms with Crippen LogP contribution >= 0.6 is 11.3 Å².